The van der Waals surface area contributed by atoms with Gasteiger partial charge in [-0.1, -0.05) is 20.3 Å². The maximum Gasteiger partial charge on any atom is 0.103 e. The van der Waals surface area contributed by atoms with E-state index in [1.807, 2.05) is 13.1 Å². The van der Waals surface area contributed by atoms with Crippen molar-refractivity contribution in [3.05, 3.63) is 17.7 Å². The molecule has 0 amide bonds. The highest BCUT2D eigenvalue weighted by Crippen LogP contribution is 2.35. The van der Waals surface area contributed by atoms with E-state index in [9.17, 15) is 0 Å². The van der Waals surface area contributed by atoms with Gasteiger partial charge in [0.2, 0.25) is 0 Å². The second kappa shape index (κ2) is 4.58. The van der Waals surface area contributed by atoms with Crippen LogP contribution in [0.25, 0.3) is 0 Å². The highest BCUT2D eigenvalue weighted by molar-refractivity contribution is 5.00. The van der Waals surface area contributed by atoms with Gasteiger partial charge in [-0.25, -0.2) is 4.98 Å². The Morgan fingerprint density at radius 3 is 3.00 bits per heavy atom. The van der Waals surface area contributed by atoms with E-state index < -0.39 is 0 Å². The second-order valence-electron chi connectivity index (χ2n) is 5.83. The Morgan fingerprint density at radius 2 is 2.38 bits per heavy atom. The van der Waals surface area contributed by atoms with E-state index in [2.05, 4.69) is 29.1 Å². The molecule has 2 N–H and O–H groups in total. The Hall–Kier alpha value is -0.830. The van der Waals surface area contributed by atoms with Crippen LogP contribution >= 0.6 is 0 Å². The summed E-state index contributed by atoms with van der Waals surface area (Å²) in [6, 6.07) is 0.673. The molecule has 3 heteroatoms. The van der Waals surface area contributed by atoms with Crippen molar-refractivity contribution in [2.45, 2.75) is 59.0 Å². The zero-order valence-corrected chi connectivity index (χ0v) is 10.6. The second-order valence-corrected chi connectivity index (χ2v) is 5.83. The topological polar surface area (TPSA) is 40.7 Å². The molecule has 0 radical (unpaired) electrons. The van der Waals surface area contributed by atoms with Crippen molar-refractivity contribution in [3.8, 4) is 0 Å². The Balaban J connectivity index is 1.82. The van der Waals surface area contributed by atoms with E-state index in [-0.39, 0.29) is 0 Å². The molecule has 0 bridgehead atoms. The number of nitrogens with zero attached hydrogens (tertiary/aromatic N) is 1. The largest absolute Gasteiger partial charge is 0.345 e. The number of hydrogen-bond acceptors (Lipinski definition) is 2. The van der Waals surface area contributed by atoms with E-state index in [1.165, 1.54) is 31.4 Å². The van der Waals surface area contributed by atoms with E-state index in [0.717, 1.165) is 12.4 Å². The van der Waals surface area contributed by atoms with Gasteiger partial charge < -0.3 is 10.3 Å². The van der Waals surface area contributed by atoms with Crippen LogP contribution in [0.4, 0.5) is 0 Å². The minimum atomic E-state index is 0.514. The van der Waals surface area contributed by atoms with Gasteiger partial charge in [-0.2, -0.15) is 0 Å². The molecule has 1 heterocycles. The number of imidazole rings is 1. The minimum absolute atomic E-state index is 0.514. The third kappa shape index (κ3) is 3.08. The molecule has 3 nitrogen and oxygen atoms in total. The van der Waals surface area contributed by atoms with E-state index in [4.69, 9.17) is 0 Å². The molecule has 0 spiro atoms. The molecule has 1 fully saturated rings. The molecule has 90 valence electrons. The van der Waals surface area contributed by atoms with Crippen molar-refractivity contribution in [2.24, 2.45) is 5.41 Å². The lowest BCUT2D eigenvalue weighted by Crippen LogP contribution is -2.36. The third-order valence-electron chi connectivity index (χ3n) is 3.54. The van der Waals surface area contributed by atoms with Gasteiger partial charge in [0.15, 0.2) is 0 Å². The summed E-state index contributed by atoms with van der Waals surface area (Å²) in [5.74, 6) is 1.00. The van der Waals surface area contributed by atoms with Crippen LogP contribution in [0, 0.1) is 12.3 Å². The van der Waals surface area contributed by atoms with Crippen LogP contribution in [0.3, 0.4) is 0 Å². The molecule has 1 saturated carbocycles. The van der Waals surface area contributed by atoms with Gasteiger partial charge in [0.1, 0.15) is 5.82 Å². The first-order valence-corrected chi connectivity index (χ1v) is 6.29. The standard InChI is InChI=1S/C13H23N3/c1-10-14-8-12(16-10)9-15-11-5-4-6-13(2,3)7-11/h8,11,15H,4-7,9H2,1-3H3,(H,14,16). The van der Waals surface area contributed by atoms with Gasteiger partial charge in [0.05, 0.1) is 0 Å². The molecule has 16 heavy (non-hydrogen) atoms. The minimum Gasteiger partial charge on any atom is -0.345 e. The maximum atomic E-state index is 4.21. The third-order valence-corrected chi connectivity index (χ3v) is 3.54. The van der Waals surface area contributed by atoms with E-state index >= 15 is 0 Å². The van der Waals surface area contributed by atoms with Crippen LogP contribution in [0.1, 0.15) is 51.0 Å². The predicted molar refractivity (Wildman–Crippen MR) is 66.2 cm³/mol. The first-order valence-electron chi connectivity index (χ1n) is 6.29. The lowest BCUT2D eigenvalue weighted by Gasteiger charge is -2.35. The molecule has 1 aromatic rings. The molecule has 1 aliphatic rings. The van der Waals surface area contributed by atoms with Gasteiger partial charge in [-0.05, 0) is 31.6 Å². The molecule has 0 saturated heterocycles. The summed E-state index contributed by atoms with van der Waals surface area (Å²) in [6.45, 7) is 7.66. The summed E-state index contributed by atoms with van der Waals surface area (Å²) < 4.78 is 0. The monoisotopic (exact) mass is 221 g/mol. The van der Waals surface area contributed by atoms with Crippen molar-refractivity contribution >= 4 is 0 Å². The Morgan fingerprint density at radius 1 is 1.56 bits per heavy atom. The number of aromatic amines is 1. The molecule has 1 aliphatic carbocycles. The lowest BCUT2D eigenvalue weighted by atomic mass is 9.75. The summed E-state index contributed by atoms with van der Waals surface area (Å²) in [6.07, 6.45) is 7.26. The smallest absolute Gasteiger partial charge is 0.103 e. The number of nitrogens with one attached hydrogen (secondary N) is 2. The predicted octanol–water partition coefficient (Wildman–Crippen LogP) is 2.78. The van der Waals surface area contributed by atoms with Gasteiger partial charge in [0.25, 0.3) is 0 Å². The van der Waals surface area contributed by atoms with Crippen molar-refractivity contribution in [2.75, 3.05) is 0 Å². The van der Waals surface area contributed by atoms with E-state index in [1.54, 1.807) is 0 Å². The number of aromatic nitrogens is 2. The summed E-state index contributed by atoms with van der Waals surface area (Å²) in [5, 5.41) is 3.64. The van der Waals surface area contributed by atoms with Gasteiger partial charge in [-0.3, -0.25) is 0 Å². The van der Waals surface area contributed by atoms with Crippen LogP contribution < -0.4 is 5.32 Å². The summed E-state index contributed by atoms with van der Waals surface area (Å²) in [5.41, 5.74) is 1.71. The molecule has 1 aromatic heterocycles. The first kappa shape index (κ1) is 11.6. The Labute approximate surface area is 98.1 Å². The molecule has 1 atom stereocenters. The highest BCUT2D eigenvalue weighted by atomic mass is 15.0. The average Bonchev–Trinajstić information content (AvgIpc) is 2.60. The summed E-state index contributed by atoms with van der Waals surface area (Å²) in [7, 11) is 0. The van der Waals surface area contributed by atoms with Crippen LogP contribution in [-0.2, 0) is 6.54 Å². The Bertz CT molecular complexity index is 341. The van der Waals surface area contributed by atoms with E-state index in [0.29, 0.717) is 11.5 Å². The molecule has 0 aromatic carbocycles. The number of H-pyrrole nitrogens is 1. The molecular weight excluding hydrogens is 198 g/mol. The molecule has 1 unspecified atom stereocenters. The average molecular weight is 221 g/mol. The number of hydrogen-bond donors (Lipinski definition) is 2. The summed E-state index contributed by atoms with van der Waals surface area (Å²) >= 11 is 0. The number of aryl methyl sites for hydroxylation is 1. The fraction of sp³-hybridized carbons (Fsp3) is 0.769. The van der Waals surface area contributed by atoms with Crippen LogP contribution in [0.2, 0.25) is 0 Å². The maximum absolute atomic E-state index is 4.21. The molecule has 2 rings (SSSR count). The zero-order chi connectivity index (χ0) is 11.6. The van der Waals surface area contributed by atoms with Crippen molar-refractivity contribution < 1.29 is 0 Å². The van der Waals surface area contributed by atoms with Gasteiger partial charge in [0, 0.05) is 24.5 Å². The van der Waals surface area contributed by atoms with Crippen molar-refractivity contribution in [3.63, 3.8) is 0 Å². The Kier molecular flexibility index (Phi) is 3.33. The fourth-order valence-corrected chi connectivity index (χ4v) is 2.69. The van der Waals surface area contributed by atoms with Crippen molar-refractivity contribution in [1.82, 2.24) is 15.3 Å². The van der Waals surface area contributed by atoms with Crippen LogP contribution in [0.15, 0.2) is 6.20 Å². The molecular formula is C13H23N3. The SMILES string of the molecule is Cc1ncc(CNC2CCCC(C)(C)C2)[nH]1. The van der Waals surface area contributed by atoms with Gasteiger partial charge >= 0.3 is 0 Å². The van der Waals surface area contributed by atoms with Crippen LogP contribution in [-0.4, -0.2) is 16.0 Å². The summed E-state index contributed by atoms with van der Waals surface area (Å²) in [4.78, 5) is 7.48. The fourth-order valence-electron chi connectivity index (χ4n) is 2.69. The van der Waals surface area contributed by atoms with Gasteiger partial charge in [-0.15, -0.1) is 0 Å². The quantitative estimate of drug-likeness (QED) is 0.824. The van der Waals surface area contributed by atoms with Crippen LogP contribution in [0.5, 0.6) is 0 Å². The molecule has 0 aliphatic heterocycles. The first-order chi connectivity index (χ1) is 7.55. The zero-order valence-electron chi connectivity index (χ0n) is 10.6. The normalized spacial score (nSPS) is 24.6. The van der Waals surface area contributed by atoms with Crippen molar-refractivity contribution in [1.29, 1.82) is 0 Å². The lowest BCUT2D eigenvalue weighted by molar-refractivity contribution is 0.197. The number of rotatable bonds is 3. The highest BCUT2D eigenvalue weighted by Gasteiger charge is 2.27.